The molecule has 0 aromatic carbocycles. The van der Waals surface area contributed by atoms with Crippen LogP contribution in [-0.4, -0.2) is 23.0 Å². The summed E-state index contributed by atoms with van der Waals surface area (Å²) in [6.45, 7) is 7.03. The Hall–Kier alpha value is -1.35. The quantitative estimate of drug-likeness (QED) is 0.827. The zero-order valence-corrected chi connectivity index (χ0v) is 11.8. The molecule has 3 rings (SSSR count). The van der Waals surface area contributed by atoms with Crippen molar-refractivity contribution in [2.24, 2.45) is 11.8 Å². The van der Waals surface area contributed by atoms with Gasteiger partial charge in [0.05, 0.1) is 0 Å². The lowest BCUT2D eigenvalue weighted by molar-refractivity contribution is 0.309. The number of pyridine rings is 1. The fourth-order valence-corrected chi connectivity index (χ4v) is 3.43. The maximum atomic E-state index is 12.0. The highest BCUT2D eigenvalue weighted by molar-refractivity contribution is 5.23. The van der Waals surface area contributed by atoms with Gasteiger partial charge in [0, 0.05) is 42.7 Å². The van der Waals surface area contributed by atoms with Crippen LogP contribution < -0.4 is 5.43 Å². The van der Waals surface area contributed by atoms with E-state index in [4.69, 9.17) is 0 Å². The first kappa shape index (κ1) is 12.7. The van der Waals surface area contributed by atoms with E-state index in [1.54, 1.807) is 0 Å². The average Bonchev–Trinajstić information content (AvgIpc) is 2.82. The molecule has 0 radical (unpaired) electrons. The Kier molecular flexibility index (Phi) is 3.31. The first-order valence-electron chi connectivity index (χ1n) is 7.20. The molecule has 1 aromatic rings. The molecule has 2 heterocycles. The van der Waals surface area contributed by atoms with E-state index in [1.165, 1.54) is 25.9 Å². The number of hydrogen-bond acceptors (Lipinski definition) is 2. The molecule has 1 saturated heterocycles. The van der Waals surface area contributed by atoms with E-state index in [1.807, 2.05) is 20.0 Å². The van der Waals surface area contributed by atoms with Gasteiger partial charge in [-0.1, -0.05) is 12.2 Å². The minimum atomic E-state index is 0.187. The fourth-order valence-electron chi connectivity index (χ4n) is 3.43. The third-order valence-electron chi connectivity index (χ3n) is 4.69. The van der Waals surface area contributed by atoms with E-state index < -0.39 is 0 Å². The van der Waals surface area contributed by atoms with Crippen LogP contribution in [0, 0.1) is 25.7 Å². The monoisotopic (exact) mass is 258 g/mol. The van der Waals surface area contributed by atoms with Crippen molar-refractivity contribution in [3.8, 4) is 0 Å². The van der Waals surface area contributed by atoms with Gasteiger partial charge in [-0.2, -0.15) is 0 Å². The molecule has 2 atom stereocenters. The molecule has 1 aliphatic carbocycles. The number of aryl methyl sites for hydroxylation is 1. The van der Waals surface area contributed by atoms with Gasteiger partial charge in [-0.15, -0.1) is 0 Å². The lowest BCUT2D eigenvalue weighted by Gasteiger charge is -2.18. The molecule has 19 heavy (non-hydrogen) atoms. The van der Waals surface area contributed by atoms with Crippen LogP contribution in [0.4, 0.5) is 0 Å². The van der Waals surface area contributed by atoms with E-state index in [9.17, 15) is 4.79 Å². The Morgan fingerprint density at radius 1 is 1.21 bits per heavy atom. The van der Waals surface area contributed by atoms with E-state index in [0.717, 1.165) is 35.2 Å². The second kappa shape index (κ2) is 4.97. The second-order valence-corrected chi connectivity index (χ2v) is 6.06. The van der Waals surface area contributed by atoms with Crippen molar-refractivity contribution in [3.05, 3.63) is 45.4 Å². The van der Waals surface area contributed by atoms with Crippen molar-refractivity contribution >= 4 is 0 Å². The van der Waals surface area contributed by atoms with Crippen LogP contribution in [0.15, 0.2) is 23.1 Å². The number of aromatic amines is 1. The highest BCUT2D eigenvalue weighted by atomic mass is 16.1. The fraction of sp³-hybridized carbons (Fsp3) is 0.562. The van der Waals surface area contributed by atoms with Crippen LogP contribution in [0.2, 0.25) is 0 Å². The molecule has 1 aromatic heterocycles. The zero-order valence-electron chi connectivity index (χ0n) is 11.8. The van der Waals surface area contributed by atoms with Crippen molar-refractivity contribution in [2.75, 3.05) is 13.1 Å². The Morgan fingerprint density at radius 2 is 1.84 bits per heavy atom. The summed E-state index contributed by atoms with van der Waals surface area (Å²) in [4.78, 5) is 17.8. The SMILES string of the molecule is Cc1c[nH]c(CN2C[C@H]3CC=CC[C@H]3C2)c(C)c1=O. The van der Waals surface area contributed by atoms with Crippen LogP contribution in [0.1, 0.15) is 29.7 Å². The highest BCUT2D eigenvalue weighted by Crippen LogP contribution is 2.33. The molecule has 0 spiro atoms. The molecule has 3 nitrogen and oxygen atoms in total. The third-order valence-corrected chi connectivity index (χ3v) is 4.69. The van der Waals surface area contributed by atoms with Gasteiger partial charge in [-0.05, 0) is 38.5 Å². The van der Waals surface area contributed by atoms with Crippen LogP contribution in [-0.2, 0) is 6.54 Å². The lowest BCUT2D eigenvalue weighted by atomic mass is 9.86. The number of rotatable bonds is 2. The Bertz CT molecular complexity index is 542. The van der Waals surface area contributed by atoms with Gasteiger partial charge >= 0.3 is 0 Å². The summed E-state index contributed by atoms with van der Waals surface area (Å²) in [6.07, 6.45) is 8.94. The standard InChI is InChI=1S/C16H22N2O/c1-11-7-17-15(12(2)16(11)19)10-18-8-13-5-3-4-6-14(13)9-18/h3-4,7,13-14H,5-6,8-10H2,1-2H3,(H,17,19)/t13-,14+. The van der Waals surface area contributed by atoms with Gasteiger partial charge in [-0.3, -0.25) is 9.69 Å². The van der Waals surface area contributed by atoms with Crippen LogP contribution in [0.5, 0.6) is 0 Å². The Balaban J connectivity index is 1.73. The Labute approximate surface area is 114 Å². The predicted octanol–water partition coefficient (Wildman–Crippen LogP) is 2.39. The maximum absolute atomic E-state index is 12.0. The second-order valence-electron chi connectivity index (χ2n) is 6.06. The minimum Gasteiger partial charge on any atom is -0.363 e. The topological polar surface area (TPSA) is 36.1 Å². The minimum absolute atomic E-state index is 0.187. The molecule has 0 unspecified atom stereocenters. The smallest absolute Gasteiger partial charge is 0.187 e. The van der Waals surface area contributed by atoms with Crippen molar-refractivity contribution < 1.29 is 0 Å². The largest absolute Gasteiger partial charge is 0.363 e. The maximum Gasteiger partial charge on any atom is 0.187 e. The lowest BCUT2D eigenvalue weighted by Crippen LogP contribution is -2.24. The number of nitrogens with zero attached hydrogens (tertiary/aromatic N) is 1. The van der Waals surface area contributed by atoms with Gasteiger partial charge in [0.2, 0.25) is 0 Å². The number of aromatic nitrogens is 1. The molecule has 102 valence electrons. The normalized spacial score (nSPS) is 26.6. The van der Waals surface area contributed by atoms with Gasteiger partial charge in [0.15, 0.2) is 5.43 Å². The van der Waals surface area contributed by atoms with Gasteiger partial charge in [0.1, 0.15) is 0 Å². The number of allylic oxidation sites excluding steroid dienone is 2. The summed E-state index contributed by atoms with van der Waals surface area (Å²) in [6, 6.07) is 0. The molecule has 2 aliphatic rings. The number of hydrogen-bond donors (Lipinski definition) is 1. The van der Waals surface area contributed by atoms with Gasteiger partial charge in [-0.25, -0.2) is 0 Å². The Morgan fingerprint density at radius 3 is 2.47 bits per heavy atom. The van der Waals surface area contributed by atoms with Crippen molar-refractivity contribution in [1.29, 1.82) is 0 Å². The van der Waals surface area contributed by atoms with Crippen molar-refractivity contribution in [1.82, 2.24) is 9.88 Å². The molecule has 1 N–H and O–H groups in total. The van der Waals surface area contributed by atoms with E-state index in [-0.39, 0.29) is 5.43 Å². The summed E-state index contributed by atoms with van der Waals surface area (Å²) in [7, 11) is 0. The summed E-state index contributed by atoms with van der Waals surface area (Å²) < 4.78 is 0. The van der Waals surface area contributed by atoms with Gasteiger partial charge < -0.3 is 4.98 Å². The predicted molar refractivity (Wildman–Crippen MR) is 77.2 cm³/mol. The van der Waals surface area contributed by atoms with E-state index in [0.29, 0.717) is 0 Å². The van der Waals surface area contributed by atoms with E-state index >= 15 is 0 Å². The van der Waals surface area contributed by atoms with Crippen molar-refractivity contribution in [3.63, 3.8) is 0 Å². The first-order chi connectivity index (χ1) is 9.15. The molecule has 0 saturated carbocycles. The highest BCUT2D eigenvalue weighted by Gasteiger charge is 2.32. The summed E-state index contributed by atoms with van der Waals surface area (Å²) >= 11 is 0. The first-order valence-corrected chi connectivity index (χ1v) is 7.20. The molecule has 1 aliphatic heterocycles. The average molecular weight is 258 g/mol. The number of H-pyrrole nitrogens is 1. The van der Waals surface area contributed by atoms with Gasteiger partial charge in [0.25, 0.3) is 0 Å². The summed E-state index contributed by atoms with van der Waals surface area (Å²) in [5.74, 6) is 1.64. The van der Waals surface area contributed by atoms with Crippen molar-refractivity contribution in [2.45, 2.75) is 33.2 Å². The number of nitrogens with one attached hydrogen (secondary N) is 1. The molecular formula is C16H22N2O. The van der Waals surface area contributed by atoms with Crippen LogP contribution in [0.3, 0.4) is 0 Å². The molecule has 3 heteroatoms. The summed E-state index contributed by atoms with van der Waals surface area (Å²) in [5.41, 5.74) is 2.96. The molecular weight excluding hydrogens is 236 g/mol. The van der Waals surface area contributed by atoms with E-state index in [2.05, 4.69) is 22.0 Å². The molecule has 0 amide bonds. The van der Waals surface area contributed by atoms with Crippen LogP contribution in [0.25, 0.3) is 0 Å². The summed E-state index contributed by atoms with van der Waals surface area (Å²) in [5, 5.41) is 0. The third kappa shape index (κ3) is 2.39. The number of likely N-dealkylation sites (tertiary alicyclic amines) is 1. The molecule has 0 bridgehead atoms. The zero-order chi connectivity index (χ0) is 13.4. The number of fused-ring (bicyclic) bond motifs is 1. The van der Waals surface area contributed by atoms with Crippen LogP contribution >= 0.6 is 0 Å². The molecule has 1 fully saturated rings.